The zero-order valence-electron chi connectivity index (χ0n) is 11.8. The number of H-pyrrole nitrogens is 1. The molecule has 5 heteroatoms. The van der Waals surface area contributed by atoms with Crippen molar-refractivity contribution in [2.45, 2.75) is 13.0 Å². The predicted molar refractivity (Wildman–Crippen MR) is 81.3 cm³/mol. The number of rotatable bonds is 2. The molecule has 0 aliphatic carbocycles. The van der Waals surface area contributed by atoms with Crippen molar-refractivity contribution < 1.29 is 4.74 Å². The molecule has 3 heterocycles. The first-order chi connectivity index (χ1) is 10.3. The Hall–Kier alpha value is -2.40. The van der Waals surface area contributed by atoms with Crippen LogP contribution < -0.4 is 10.1 Å². The molecule has 0 radical (unpaired) electrons. The van der Waals surface area contributed by atoms with E-state index in [1.807, 2.05) is 12.1 Å². The number of imidazole rings is 1. The van der Waals surface area contributed by atoms with Gasteiger partial charge in [-0.15, -0.1) is 0 Å². The van der Waals surface area contributed by atoms with Gasteiger partial charge in [0.2, 0.25) is 5.88 Å². The van der Waals surface area contributed by atoms with E-state index >= 15 is 0 Å². The fourth-order valence-corrected chi connectivity index (χ4v) is 2.75. The smallest absolute Gasteiger partial charge is 0.215 e. The summed E-state index contributed by atoms with van der Waals surface area (Å²) in [6, 6.07) is 10.3. The van der Waals surface area contributed by atoms with Crippen LogP contribution in [0.25, 0.3) is 22.6 Å². The first kappa shape index (κ1) is 12.3. The van der Waals surface area contributed by atoms with Crippen LogP contribution in [0.15, 0.2) is 30.3 Å². The van der Waals surface area contributed by atoms with Crippen LogP contribution in [0.2, 0.25) is 0 Å². The molecule has 2 N–H and O–H groups in total. The second-order valence-corrected chi connectivity index (χ2v) is 5.22. The van der Waals surface area contributed by atoms with Crippen molar-refractivity contribution in [3.63, 3.8) is 0 Å². The molecule has 1 aliphatic rings. The zero-order chi connectivity index (χ0) is 14.2. The molecule has 4 rings (SSSR count). The standard InChI is InChI=1S/C16H16N4O/c1-21-14-5-4-13-16(19-14)20-15(18-13)11-3-2-10-6-7-17-9-12(10)8-11/h2-5,8,17H,6-7,9H2,1H3,(H,18,19,20). The lowest BCUT2D eigenvalue weighted by atomic mass is 9.98. The number of fused-ring (bicyclic) bond motifs is 2. The van der Waals surface area contributed by atoms with Crippen molar-refractivity contribution >= 4 is 11.2 Å². The van der Waals surface area contributed by atoms with Crippen LogP contribution in [-0.2, 0) is 13.0 Å². The highest BCUT2D eigenvalue weighted by Gasteiger charge is 2.12. The van der Waals surface area contributed by atoms with Crippen molar-refractivity contribution in [1.82, 2.24) is 20.3 Å². The second kappa shape index (κ2) is 4.86. The minimum absolute atomic E-state index is 0.579. The monoisotopic (exact) mass is 280 g/mol. The lowest BCUT2D eigenvalue weighted by Crippen LogP contribution is -2.23. The lowest BCUT2D eigenvalue weighted by molar-refractivity contribution is 0.399. The third-order valence-electron chi connectivity index (χ3n) is 3.90. The van der Waals surface area contributed by atoms with Gasteiger partial charge in [0.05, 0.1) is 12.6 Å². The fraction of sp³-hybridized carbons (Fsp3) is 0.250. The van der Waals surface area contributed by atoms with Crippen molar-refractivity contribution in [2.75, 3.05) is 13.7 Å². The molecule has 0 fully saturated rings. The molecule has 1 aliphatic heterocycles. The van der Waals surface area contributed by atoms with Crippen LogP contribution >= 0.6 is 0 Å². The molecule has 2 aromatic heterocycles. The molecular formula is C16H16N4O. The Morgan fingerprint density at radius 3 is 2.95 bits per heavy atom. The third-order valence-corrected chi connectivity index (χ3v) is 3.90. The zero-order valence-corrected chi connectivity index (χ0v) is 11.8. The van der Waals surface area contributed by atoms with Gasteiger partial charge < -0.3 is 15.0 Å². The van der Waals surface area contributed by atoms with E-state index in [0.717, 1.165) is 36.4 Å². The molecule has 106 valence electrons. The summed E-state index contributed by atoms with van der Waals surface area (Å²) >= 11 is 0. The minimum Gasteiger partial charge on any atom is -0.481 e. The third kappa shape index (κ3) is 2.15. The first-order valence-corrected chi connectivity index (χ1v) is 7.07. The van der Waals surface area contributed by atoms with Crippen molar-refractivity contribution in [1.29, 1.82) is 0 Å². The Labute approximate surface area is 122 Å². The van der Waals surface area contributed by atoms with Crippen molar-refractivity contribution in [2.24, 2.45) is 0 Å². The van der Waals surface area contributed by atoms with E-state index in [4.69, 9.17) is 4.74 Å². The Kier molecular flexibility index (Phi) is 2.86. The summed E-state index contributed by atoms with van der Waals surface area (Å²) in [7, 11) is 1.61. The van der Waals surface area contributed by atoms with E-state index in [2.05, 4.69) is 38.5 Å². The molecule has 21 heavy (non-hydrogen) atoms. The maximum Gasteiger partial charge on any atom is 0.215 e. The van der Waals surface area contributed by atoms with Gasteiger partial charge in [0.1, 0.15) is 5.82 Å². The fourth-order valence-electron chi connectivity index (χ4n) is 2.75. The van der Waals surface area contributed by atoms with Gasteiger partial charge >= 0.3 is 0 Å². The highest BCUT2D eigenvalue weighted by atomic mass is 16.5. The van der Waals surface area contributed by atoms with Gasteiger partial charge in [-0.3, -0.25) is 0 Å². The van der Waals surface area contributed by atoms with Gasteiger partial charge in [0.25, 0.3) is 0 Å². The van der Waals surface area contributed by atoms with Gasteiger partial charge in [0, 0.05) is 18.2 Å². The molecule has 0 spiro atoms. The van der Waals surface area contributed by atoms with Crippen LogP contribution in [0.4, 0.5) is 0 Å². The summed E-state index contributed by atoms with van der Waals surface area (Å²) in [5.41, 5.74) is 5.47. The summed E-state index contributed by atoms with van der Waals surface area (Å²) in [6.07, 6.45) is 1.09. The van der Waals surface area contributed by atoms with Gasteiger partial charge in [-0.25, -0.2) is 4.98 Å². The molecule has 3 aromatic rings. The average Bonchev–Trinajstić information content (AvgIpc) is 2.97. The second-order valence-electron chi connectivity index (χ2n) is 5.22. The van der Waals surface area contributed by atoms with E-state index in [-0.39, 0.29) is 0 Å². The number of aromatic nitrogens is 3. The number of hydrogen-bond donors (Lipinski definition) is 2. The molecule has 1 aromatic carbocycles. The number of ether oxygens (including phenoxy) is 1. The largest absolute Gasteiger partial charge is 0.481 e. The van der Waals surface area contributed by atoms with Crippen LogP contribution in [0, 0.1) is 0 Å². The van der Waals surface area contributed by atoms with E-state index in [9.17, 15) is 0 Å². The topological polar surface area (TPSA) is 62.8 Å². The van der Waals surface area contributed by atoms with Crippen LogP contribution in [0.5, 0.6) is 5.88 Å². The predicted octanol–water partition coefficient (Wildman–Crippen LogP) is 2.28. The van der Waals surface area contributed by atoms with Crippen molar-refractivity contribution in [3.05, 3.63) is 41.5 Å². The molecular weight excluding hydrogens is 264 g/mol. The van der Waals surface area contributed by atoms with E-state index in [1.54, 1.807) is 7.11 Å². The highest BCUT2D eigenvalue weighted by Crippen LogP contribution is 2.24. The summed E-state index contributed by atoms with van der Waals surface area (Å²) in [5.74, 6) is 1.43. The van der Waals surface area contributed by atoms with Gasteiger partial charge in [-0.1, -0.05) is 12.1 Å². The van der Waals surface area contributed by atoms with E-state index in [1.165, 1.54) is 11.1 Å². The number of pyridine rings is 1. The number of aromatic amines is 1. The summed E-state index contributed by atoms with van der Waals surface area (Å²) in [6.45, 7) is 1.98. The van der Waals surface area contributed by atoms with Crippen LogP contribution in [-0.4, -0.2) is 28.6 Å². The molecule has 0 saturated heterocycles. The Morgan fingerprint density at radius 1 is 1.10 bits per heavy atom. The minimum atomic E-state index is 0.579. The Bertz CT molecular complexity index is 809. The Balaban J connectivity index is 1.78. The van der Waals surface area contributed by atoms with Crippen LogP contribution in [0.1, 0.15) is 11.1 Å². The van der Waals surface area contributed by atoms with E-state index < -0.39 is 0 Å². The summed E-state index contributed by atoms with van der Waals surface area (Å²) in [5, 5.41) is 3.40. The molecule has 0 bridgehead atoms. The first-order valence-electron chi connectivity index (χ1n) is 7.07. The number of nitrogens with zero attached hydrogens (tertiary/aromatic N) is 2. The average molecular weight is 280 g/mol. The van der Waals surface area contributed by atoms with Crippen molar-refractivity contribution in [3.8, 4) is 17.3 Å². The maximum absolute atomic E-state index is 5.14. The Morgan fingerprint density at radius 2 is 2.05 bits per heavy atom. The molecule has 5 nitrogen and oxygen atoms in total. The molecule has 0 unspecified atom stereocenters. The van der Waals surface area contributed by atoms with Gasteiger partial charge in [0.15, 0.2) is 5.65 Å². The number of benzene rings is 1. The molecule has 0 amide bonds. The number of hydrogen-bond acceptors (Lipinski definition) is 4. The highest BCUT2D eigenvalue weighted by molar-refractivity contribution is 5.76. The van der Waals surface area contributed by atoms with Crippen LogP contribution in [0.3, 0.4) is 0 Å². The quantitative estimate of drug-likeness (QED) is 0.756. The molecule has 0 saturated carbocycles. The number of nitrogens with one attached hydrogen (secondary N) is 2. The number of methoxy groups -OCH3 is 1. The van der Waals surface area contributed by atoms with Gasteiger partial charge in [-0.05, 0) is 36.2 Å². The lowest BCUT2D eigenvalue weighted by Gasteiger charge is -2.17. The van der Waals surface area contributed by atoms with E-state index in [0.29, 0.717) is 11.5 Å². The maximum atomic E-state index is 5.14. The van der Waals surface area contributed by atoms with Gasteiger partial charge in [-0.2, -0.15) is 4.98 Å². The summed E-state index contributed by atoms with van der Waals surface area (Å²) < 4.78 is 5.14. The SMILES string of the molecule is COc1ccc2[nH]c(-c3ccc4c(c3)CNCC4)nc2n1. The summed E-state index contributed by atoms with van der Waals surface area (Å²) in [4.78, 5) is 12.2. The normalized spacial score (nSPS) is 14.1. The molecule has 0 atom stereocenters.